The van der Waals surface area contributed by atoms with Crippen LogP contribution < -0.4 is 5.73 Å². The van der Waals surface area contributed by atoms with Crippen molar-refractivity contribution in [3.8, 4) is 11.5 Å². The molecule has 2 aromatic rings. The third kappa shape index (κ3) is 3.56. The van der Waals surface area contributed by atoms with Gasteiger partial charge < -0.3 is 15.0 Å². The molecule has 0 spiro atoms. The van der Waals surface area contributed by atoms with Crippen LogP contribution in [0.3, 0.4) is 0 Å². The van der Waals surface area contributed by atoms with E-state index in [-0.39, 0.29) is 6.10 Å². The number of rotatable bonds is 5. The summed E-state index contributed by atoms with van der Waals surface area (Å²) in [5, 5.41) is 4.46. The molecule has 1 unspecified atom stereocenters. The summed E-state index contributed by atoms with van der Waals surface area (Å²) in [6.07, 6.45) is 0.110. The minimum atomic E-state index is -0.417. The van der Waals surface area contributed by atoms with E-state index in [1.54, 1.807) is 0 Å². The fourth-order valence-corrected chi connectivity index (χ4v) is 1.98. The van der Waals surface area contributed by atoms with Gasteiger partial charge in [0.05, 0.1) is 29.3 Å². The first-order chi connectivity index (χ1) is 9.47. The second-order valence-electron chi connectivity index (χ2n) is 4.93. The molecule has 0 amide bonds. The molecule has 0 radical (unpaired) electrons. The first-order valence-electron chi connectivity index (χ1n) is 6.44. The van der Waals surface area contributed by atoms with Gasteiger partial charge in [0, 0.05) is 0 Å². The first-order valence-corrected chi connectivity index (χ1v) is 6.82. The molecule has 20 heavy (non-hydrogen) atoms. The molecule has 0 saturated carbocycles. The van der Waals surface area contributed by atoms with E-state index in [0.29, 0.717) is 28.9 Å². The molecule has 0 fully saturated rings. The van der Waals surface area contributed by atoms with Gasteiger partial charge in [-0.2, -0.15) is 4.98 Å². The van der Waals surface area contributed by atoms with Crippen molar-refractivity contribution in [3.63, 3.8) is 0 Å². The molecule has 5 nitrogen and oxygen atoms in total. The Morgan fingerprint density at radius 3 is 2.80 bits per heavy atom. The Kier molecular flexibility index (Phi) is 4.75. The molecule has 1 atom stereocenters. The predicted molar refractivity (Wildman–Crippen MR) is 77.5 cm³/mol. The van der Waals surface area contributed by atoms with Crippen LogP contribution in [0.5, 0.6) is 0 Å². The number of nitrogens with two attached hydrogens (primary N) is 1. The van der Waals surface area contributed by atoms with Crippen molar-refractivity contribution in [3.05, 3.63) is 34.6 Å². The number of halogens is 1. The molecule has 2 N–H and O–H groups in total. The van der Waals surface area contributed by atoms with Gasteiger partial charge in [-0.1, -0.05) is 22.8 Å². The highest BCUT2D eigenvalue weighted by Crippen LogP contribution is 2.27. The van der Waals surface area contributed by atoms with Crippen LogP contribution in [0.1, 0.15) is 31.3 Å². The zero-order valence-electron chi connectivity index (χ0n) is 11.8. The quantitative estimate of drug-likeness (QED) is 0.917. The van der Waals surface area contributed by atoms with Gasteiger partial charge in [0.15, 0.2) is 5.82 Å². The molecule has 0 bridgehead atoms. The normalized spacial score (nSPS) is 12.9. The van der Waals surface area contributed by atoms with Gasteiger partial charge in [-0.3, -0.25) is 0 Å². The maximum atomic E-state index is 6.17. The van der Waals surface area contributed by atoms with Gasteiger partial charge in [0.2, 0.25) is 0 Å². The van der Waals surface area contributed by atoms with Crippen molar-refractivity contribution >= 4 is 11.6 Å². The largest absolute Gasteiger partial charge is 0.377 e. The third-order valence-electron chi connectivity index (χ3n) is 2.74. The van der Waals surface area contributed by atoms with Crippen molar-refractivity contribution in [2.45, 2.75) is 32.9 Å². The molecule has 0 aliphatic carbocycles. The summed E-state index contributed by atoms with van der Waals surface area (Å²) in [6, 6.07) is 5.22. The smallest absolute Gasteiger partial charge is 0.259 e. The summed E-state index contributed by atoms with van der Waals surface area (Å²) < 4.78 is 10.7. The Morgan fingerprint density at radius 2 is 2.15 bits per heavy atom. The van der Waals surface area contributed by atoms with E-state index in [2.05, 4.69) is 10.1 Å². The van der Waals surface area contributed by atoms with Crippen molar-refractivity contribution in [1.82, 2.24) is 10.1 Å². The molecule has 1 aromatic heterocycles. The van der Waals surface area contributed by atoms with Gasteiger partial charge >= 0.3 is 0 Å². The van der Waals surface area contributed by atoms with Gasteiger partial charge in [0.1, 0.15) is 0 Å². The molecule has 0 aliphatic rings. The van der Waals surface area contributed by atoms with Crippen molar-refractivity contribution in [1.29, 1.82) is 0 Å². The lowest BCUT2D eigenvalue weighted by atomic mass is 10.1. The Hall–Kier alpha value is -1.43. The van der Waals surface area contributed by atoms with Gasteiger partial charge in [-0.05, 0) is 38.5 Å². The number of hydrogen-bond donors (Lipinski definition) is 1. The molecule has 1 aromatic carbocycles. The van der Waals surface area contributed by atoms with Crippen LogP contribution >= 0.6 is 11.6 Å². The highest BCUT2D eigenvalue weighted by Gasteiger charge is 2.17. The third-order valence-corrected chi connectivity index (χ3v) is 3.05. The monoisotopic (exact) mass is 295 g/mol. The number of hydrogen-bond acceptors (Lipinski definition) is 5. The summed E-state index contributed by atoms with van der Waals surface area (Å²) in [5.74, 6) is 0.780. The van der Waals surface area contributed by atoms with Crippen molar-refractivity contribution in [2.24, 2.45) is 5.73 Å². The number of nitrogens with zero attached hydrogens (tertiary/aromatic N) is 2. The highest BCUT2D eigenvalue weighted by atomic mass is 35.5. The molecule has 6 heteroatoms. The van der Waals surface area contributed by atoms with Gasteiger partial charge in [-0.25, -0.2) is 0 Å². The molecule has 1 heterocycles. The second-order valence-corrected chi connectivity index (χ2v) is 5.34. The second kappa shape index (κ2) is 6.35. The maximum absolute atomic E-state index is 6.17. The van der Waals surface area contributed by atoms with Crippen molar-refractivity contribution in [2.75, 3.05) is 6.61 Å². The van der Waals surface area contributed by atoms with Gasteiger partial charge in [-0.15, -0.1) is 0 Å². The van der Waals surface area contributed by atoms with E-state index < -0.39 is 6.04 Å². The lowest BCUT2D eigenvalue weighted by molar-refractivity contribution is 0.0665. The zero-order chi connectivity index (χ0) is 14.7. The Morgan fingerprint density at radius 1 is 1.40 bits per heavy atom. The summed E-state index contributed by atoms with van der Waals surface area (Å²) in [6.45, 7) is 6.20. The fourth-order valence-electron chi connectivity index (χ4n) is 1.66. The molecule has 2 rings (SSSR count). The van der Waals surface area contributed by atoms with E-state index in [1.807, 2.05) is 39.0 Å². The lowest BCUT2D eigenvalue weighted by Gasteiger charge is -2.10. The van der Waals surface area contributed by atoms with Crippen LogP contribution in [-0.4, -0.2) is 22.9 Å². The first kappa shape index (κ1) is 15.0. The molecule has 108 valence electrons. The Labute approximate surface area is 123 Å². The Balaban J connectivity index is 2.16. The summed E-state index contributed by atoms with van der Waals surface area (Å²) in [7, 11) is 0. The van der Waals surface area contributed by atoms with E-state index >= 15 is 0 Å². The Bertz CT molecular complexity index is 584. The summed E-state index contributed by atoms with van der Waals surface area (Å²) in [4.78, 5) is 4.28. The average Bonchev–Trinajstić information content (AvgIpc) is 2.85. The highest BCUT2D eigenvalue weighted by molar-refractivity contribution is 6.33. The summed E-state index contributed by atoms with van der Waals surface area (Å²) in [5.41, 5.74) is 7.73. The topological polar surface area (TPSA) is 74.2 Å². The minimum Gasteiger partial charge on any atom is -0.377 e. The number of aromatic nitrogens is 2. The maximum Gasteiger partial charge on any atom is 0.259 e. The molecule has 0 saturated heterocycles. The van der Waals surface area contributed by atoms with E-state index in [0.717, 1.165) is 5.56 Å². The van der Waals surface area contributed by atoms with E-state index in [4.69, 9.17) is 26.6 Å². The lowest BCUT2D eigenvalue weighted by Crippen LogP contribution is -2.20. The average molecular weight is 296 g/mol. The number of benzene rings is 1. The van der Waals surface area contributed by atoms with Crippen molar-refractivity contribution < 1.29 is 9.26 Å². The van der Waals surface area contributed by atoms with Gasteiger partial charge in [0.25, 0.3) is 5.89 Å². The number of ether oxygens (including phenoxy) is 1. The van der Waals surface area contributed by atoms with Crippen LogP contribution in [0.25, 0.3) is 11.5 Å². The molecular weight excluding hydrogens is 278 g/mol. The molecule has 0 aliphatic heterocycles. The number of aryl methyl sites for hydroxylation is 1. The van der Waals surface area contributed by atoms with E-state index in [1.165, 1.54) is 0 Å². The van der Waals surface area contributed by atoms with Crippen LogP contribution in [0.4, 0.5) is 0 Å². The van der Waals surface area contributed by atoms with Crippen LogP contribution in [0.2, 0.25) is 5.02 Å². The van der Waals surface area contributed by atoms with Crippen LogP contribution in [-0.2, 0) is 4.74 Å². The minimum absolute atomic E-state index is 0.110. The fraction of sp³-hybridized carbons (Fsp3) is 0.429. The SMILES string of the molecule is Cc1ccc(-c2nc(C(N)COC(C)C)no2)c(Cl)c1. The predicted octanol–water partition coefficient (Wildman–Crippen LogP) is 3.12. The van der Waals surface area contributed by atoms with Crippen LogP contribution in [0.15, 0.2) is 22.7 Å². The molecular formula is C14H18ClN3O2. The zero-order valence-corrected chi connectivity index (χ0v) is 12.5. The van der Waals surface area contributed by atoms with Crippen LogP contribution in [0, 0.1) is 6.92 Å². The van der Waals surface area contributed by atoms with E-state index in [9.17, 15) is 0 Å². The standard InChI is InChI=1S/C14H18ClN3O2/c1-8(2)19-7-12(16)13-17-14(20-18-13)10-5-4-9(3)6-11(10)15/h4-6,8,12H,7,16H2,1-3H3. The summed E-state index contributed by atoms with van der Waals surface area (Å²) >= 11 is 6.17.